The maximum Gasteiger partial charge on any atom is 0.411 e. The quantitative estimate of drug-likeness (QED) is 0.659. The van der Waals surface area contributed by atoms with Gasteiger partial charge in [-0.1, -0.05) is 26.0 Å². The minimum atomic E-state index is -3.42. The van der Waals surface area contributed by atoms with E-state index in [-0.39, 0.29) is 30.2 Å². The molecule has 2 amide bonds. The molecular weight excluding hydrogens is 470 g/mol. The van der Waals surface area contributed by atoms with Gasteiger partial charge in [0.15, 0.2) is 0 Å². The van der Waals surface area contributed by atoms with Crippen LogP contribution < -0.4 is 18.8 Å². The summed E-state index contributed by atoms with van der Waals surface area (Å²) in [6, 6.07) is 10.3. The lowest BCUT2D eigenvalue weighted by molar-refractivity contribution is -0.119. The number of hydrogen-bond donors (Lipinski definition) is 1. The van der Waals surface area contributed by atoms with Crippen molar-refractivity contribution in [1.29, 1.82) is 0 Å². The minimum absolute atomic E-state index is 0.0440. The maximum absolute atomic E-state index is 13.0. The predicted octanol–water partition coefficient (Wildman–Crippen LogP) is 4.17. The molecule has 0 spiro atoms. The van der Waals surface area contributed by atoms with Gasteiger partial charge in [0.1, 0.15) is 5.75 Å². The molecule has 0 aliphatic carbocycles. The first-order chi connectivity index (χ1) is 16.5. The van der Waals surface area contributed by atoms with E-state index in [2.05, 4.69) is 0 Å². The molecule has 0 radical (unpaired) electrons. The molecule has 0 bridgehead atoms. The zero-order chi connectivity index (χ0) is 25.5. The highest BCUT2D eigenvalue weighted by Gasteiger charge is 2.35. The Morgan fingerprint density at radius 1 is 1.09 bits per heavy atom. The van der Waals surface area contributed by atoms with Gasteiger partial charge in [0.25, 0.3) is 0 Å². The summed E-state index contributed by atoms with van der Waals surface area (Å²) in [5.74, 6) is 0.668. The lowest BCUT2D eigenvalue weighted by atomic mass is 9.99. The van der Waals surface area contributed by atoms with E-state index in [1.165, 1.54) is 16.3 Å². The normalized spacial score (nSPS) is 19.1. The van der Waals surface area contributed by atoms with Crippen LogP contribution in [-0.2, 0) is 14.8 Å². The molecule has 10 heteroatoms. The second kappa shape index (κ2) is 9.41. The van der Waals surface area contributed by atoms with Crippen molar-refractivity contribution in [1.82, 2.24) is 0 Å². The zero-order valence-corrected chi connectivity index (χ0v) is 21.2. The van der Waals surface area contributed by atoms with E-state index in [0.29, 0.717) is 47.8 Å². The molecule has 0 aromatic heterocycles. The van der Waals surface area contributed by atoms with Gasteiger partial charge >= 0.3 is 6.09 Å². The van der Waals surface area contributed by atoms with Gasteiger partial charge in [-0.25, -0.2) is 13.2 Å². The predicted molar refractivity (Wildman–Crippen MR) is 136 cm³/mol. The molecule has 1 saturated heterocycles. The first-order valence-corrected chi connectivity index (χ1v) is 13.3. The van der Waals surface area contributed by atoms with Crippen LogP contribution in [0.2, 0.25) is 0 Å². The first kappa shape index (κ1) is 24.8. The molecule has 188 valence electrons. The fourth-order valence-corrected chi connectivity index (χ4v) is 6.35. The molecule has 0 unspecified atom stereocenters. The topological polar surface area (TPSA) is 107 Å². The Labute approximate surface area is 205 Å². The van der Waals surface area contributed by atoms with E-state index >= 15 is 0 Å². The molecule has 2 aromatic rings. The van der Waals surface area contributed by atoms with E-state index in [9.17, 15) is 23.1 Å². The van der Waals surface area contributed by atoms with Crippen LogP contribution in [0.5, 0.6) is 5.75 Å². The Bertz CT molecular complexity index is 1260. The van der Waals surface area contributed by atoms with Crippen molar-refractivity contribution in [2.24, 2.45) is 5.92 Å². The van der Waals surface area contributed by atoms with Gasteiger partial charge in [0, 0.05) is 19.5 Å². The molecular formula is C25H31N3O6S. The van der Waals surface area contributed by atoms with Gasteiger partial charge in [-0.2, -0.15) is 0 Å². The summed E-state index contributed by atoms with van der Waals surface area (Å²) in [4.78, 5) is 28.1. The summed E-state index contributed by atoms with van der Waals surface area (Å²) in [7, 11) is -1.92. The highest BCUT2D eigenvalue weighted by Crippen LogP contribution is 2.42. The number of rotatable bonds is 5. The van der Waals surface area contributed by atoms with Crippen LogP contribution in [0.15, 0.2) is 36.4 Å². The smallest absolute Gasteiger partial charge is 0.411 e. The molecule has 4 rings (SSSR count). The third kappa shape index (κ3) is 4.67. The summed E-state index contributed by atoms with van der Waals surface area (Å²) < 4.78 is 31.9. The van der Waals surface area contributed by atoms with Gasteiger partial charge in [-0.15, -0.1) is 0 Å². The molecule has 2 aliphatic rings. The van der Waals surface area contributed by atoms with Crippen LogP contribution in [0.25, 0.3) is 11.1 Å². The molecule has 1 N–H and O–H groups in total. The van der Waals surface area contributed by atoms with E-state index in [1.54, 1.807) is 29.2 Å². The van der Waals surface area contributed by atoms with Crippen LogP contribution in [0.3, 0.4) is 0 Å². The van der Waals surface area contributed by atoms with Crippen LogP contribution in [0, 0.1) is 5.92 Å². The first-order valence-electron chi connectivity index (χ1n) is 11.7. The summed E-state index contributed by atoms with van der Waals surface area (Å²) in [5.41, 5.74) is 2.86. The van der Waals surface area contributed by atoms with Crippen LogP contribution >= 0.6 is 0 Å². The van der Waals surface area contributed by atoms with Gasteiger partial charge in [-0.05, 0) is 54.7 Å². The fourth-order valence-electron chi connectivity index (χ4n) is 4.79. The molecule has 1 fully saturated rings. The van der Waals surface area contributed by atoms with Crippen LogP contribution in [0.1, 0.15) is 33.6 Å². The average Bonchev–Trinajstić information content (AvgIpc) is 3.15. The average molecular weight is 502 g/mol. The number of benzene rings is 2. The standard InChI is InChI=1S/C25H31N3O6S/c1-16(2)12-24(29)28-17(3)15-26(25(30)31)21-13-18(6-8-20(21)28)19-7-9-23(34-4)22(14-19)27-10-5-11-35(27,32)33/h6-9,13-14,16-17H,5,10-12,15H2,1-4H3,(H,30,31)/t17-/m0/s1. The molecule has 35 heavy (non-hydrogen) atoms. The molecule has 2 aliphatic heterocycles. The SMILES string of the molecule is COc1ccc(-c2ccc3c(c2)N(C(=O)O)C[C@H](C)N3C(=O)CC(C)C)cc1N1CCCS1(=O)=O. The highest BCUT2D eigenvalue weighted by molar-refractivity contribution is 7.93. The summed E-state index contributed by atoms with van der Waals surface area (Å²) in [6.07, 6.45) is -0.185. The number of anilines is 3. The molecule has 2 aromatic carbocycles. The van der Waals surface area contributed by atoms with Crippen molar-refractivity contribution < 1.29 is 27.9 Å². The number of carbonyl (C=O) groups excluding carboxylic acids is 1. The van der Waals surface area contributed by atoms with E-state index in [4.69, 9.17) is 4.74 Å². The zero-order valence-electron chi connectivity index (χ0n) is 20.4. The minimum Gasteiger partial charge on any atom is -0.495 e. The Balaban J connectivity index is 1.81. The molecule has 9 nitrogen and oxygen atoms in total. The molecule has 0 saturated carbocycles. The number of hydrogen-bond acceptors (Lipinski definition) is 5. The van der Waals surface area contributed by atoms with E-state index < -0.39 is 16.1 Å². The Morgan fingerprint density at radius 2 is 1.74 bits per heavy atom. The molecule has 2 heterocycles. The van der Waals surface area contributed by atoms with E-state index in [1.807, 2.05) is 32.9 Å². The maximum atomic E-state index is 13.0. The largest absolute Gasteiger partial charge is 0.495 e. The van der Waals surface area contributed by atoms with Crippen molar-refractivity contribution in [2.45, 2.75) is 39.7 Å². The number of fused-ring (bicyclic) bond motifs is 1. The highest BCUT2D eigenvalue weighted by atomic mass is 32.2. The number of amides is 2. The number of carboxylic acid groups (broad SMARTS) is 1. The van der Waals surface area contributed by atoms with Crippen molar-refractivity contribution in [3.63, 3.8) is 0 Å². The number of carbonyl (C=O) groups is 2. The van der Waals surface area contributed by atoms with Gasteiger partial charge in [0.2, 0.25) is 15.9 Å². The van der Waals surface area contributed by atoms with Crippen molar-refractivity contribution in [2.75, 3.05) is 40.1 Å². The van der Waals surface area contributed by atoms with Gasteiger partial charge < -0.3 is 14.7 Å². The van der Waals surface area contributed by atoms with Crippen molar-refractivity contribution in [3.8, 4) is 16.9 Å². The lowest BCUT2D eigenvalue weighted by Gasteiger charge is -2.40. The summed E-state index contributed by atoms with van der Waals surface area (Å²) >= 11 is 0. The Morgan fingerprint density at radius 3 is 2.31 bits per heavy atom. The second-order valence-electron chi connectivity index (χ2n) is 9.44. The van der Waals surface area contributed by atoms with Gasteiger partial charge in [-0.3, -0.25) is 14.0 Å². The third-order valence-corrected chi connectivity index (χ3v) is 8.23. The van der Waals surface area contributed by atoms with Crippen LogP contribution in [-0.4, -0.2) is 57.5 Å². The second-order valence-corrected chi connectivity index (χ2v) is 11.4. The summed E-state index contributed by atoms with van der Waals surface area (Å²) in [5, 5.41) is 9.88. The van der Waals surface area contributed by atoms with Crippen LogP contribution in [0.4, 0.5) is 21.9 Å². The van der Waals surface area contributed by atoms with Crippen molar-refractivity contribution >= 4 is 39.1 Å². The number of methoxy groups -OCH3 is 1. The fraction of sp³-hybridized carbons (Fsp3) is 0.440. The molecule has 1 atom stereocenters. The van der Waals surface area contributed by atoms with Gasteiger partial charge in [0.05, 0.1) is 36.0 Å². The van der Waals surface area contributed by atoms with Crippen molar-refractivity contribution in [3.05, 3.63) is 36.4 Å². The Kier molecular flexibility index (Phi) is 6.68. The lowest BCUT2D eigenvalue weighted by Crippen LogP contribution is -2.51. The number of nitrogens with zero attached hydrogens (tertiary/aromatic N) is 3. The Hall–Kier alpha value is -3.27. The summed E-state index contributed by atoms with van der Waals surface area (Å²) in [6.45, 7) is 6.33. The third-order valence-electron chi connectivity index (χ3n) is 6.38. The number of ether oxygens (including phenoxy) is 1. The number of sulfonamides is 1. The monoisotopic (exact) mass is 501 g/mol. The van der Waals surface area contributed by atoms with E-state index in [0.717, 1.165) is 5.56 Å².